The molecule has 1 aliphatic heterocycles. The molecule has 0 saturated carbocycles. The second kappa shape index (κ2) is 8.28. The van der Waals surface area contributed by atoms with Gasteiger partial charge in [0, 0.05) is 23.2 Å². The van der Waals surface area contributed by atoms with Crippen LogP contribution in [0.5, 0.6) is 0 Å². The Hall–Kier alpha value is -3.18. The quantitative estimate of drug-likeness (QED) is 0.584. The molecule has 0 fully saturated rings. The fourth-order valence-corrected chi connectivity index (χ4v) is 3.79. The van der Waals surface area contributed by atoms with Crippen LogP contribution in [0.2, 0.25) is 5.02 Å². The molecule has 0 saturated heterocycles. The number of hydrogen-bond donors (Lipinski definition) is 1. The zero-order valence-corrected chi connectivity index (χ0v) is 17.4. The molecule has 30 heavy (non-hydrogen) atoms. The summed E-state index contributed by atoms with van der Waals surface area (Å²) >= 11 is 6.07. The smallest absolute Gasteiger partial charge is 0.337 e. The first-order valence-electron chi connectivity index (χ1n) is 9.71. The number of amides is 2. The van der Waals surface area contributed by atoms with E-state index in [1.54, 1.807) is 19.2 Å². The Morgan fingerprint density at radius 3 is 2.33 bits per heavy atom. The zero-order valence-electron chi connectivity index (χ0n) is 16.7. The van der Waals surface area contributed by atoms with Crippen LogP contribution in [0.15, 0.2) is 71.8 Å². The van der Waals surface area contributed by atoms with Crippen LogP contribution in [0.25, 0.3) is 11.1 Å². The maximum atomic E-state index is 13.3. The molecular formula is C24H21ClFN3O. The first-order chi connectivity index (χ1) is 14.5. The SMILES string of the molecule is CNC(=O)N1N=C(c2ccc(Cl)cc2)c2ccc(-c3ccc(F)cc3)cc2CC1C. The third-order valence-electron chi connectivity index (χ3n) is 5.22. The summed E-state index contributed by atoms with van der Waals surface area (Å²) in [5.41, 5.74) is 5.54. The van der Waals surface area contributed by atoms with E-state index in [2.05, 4.69) is 11.4 Å². The number of benzene rings is 3. The first kappa shape index (κ1) is 20.1. The van der Waals surface area contributed by atoms with Crippen LogP contribution in [0.1, 0.15) is 23.6 Å². The van der Waals surface area contributed by atoms with Crippen LogP contribution < -0.4 is 5.32 Å². The molecule has 1 atom stereocenters. The molecule has 4 nitrogen and oxygen atoms in total. The monoisotopic (exact) mass is 421 g/mol. The van der Waals surface area contributed by atoms with Crippen molar-refractivity contribution in [1.82, 2.24) is 10.3 Å². The maximum absolute atomic E-state index is 13.3. The number of nitrogens with zero attached hydrogens (tertiary/aromatic N) is 2. The van der Waals surface area contributed by atoms with E-state index in [0.29, 0.717) is 17.2 Å². The van der Waals surface area contributed by atoms with Gasteiger partial charge in [-0.15, -0.1) is 0 Å². The molecule has 0 aromatic heterocycles. The molecule has 0 radical (unpaired) electrons. The van der Waals surface area contributed by atoms with E-state index in [1.807, 2.05) is 43.3 Å². The van der Waals surface area contributed by atoms with Crippen molar-refractivity contribution in [2.24, 2.45) is 5.10 Å². The van der Waals surface area contributed by atoms with Gasteiger partial charge < -0.3 is 5.32 Å². The molecule has 1 unspecified atom stereocenters. The van der Waals surface area contributed by atoms with Crippen LogP contribution >= 0.6 is 11.6 Å². The first-order valence-corrected chi connectivity index (χ1v) is 10.1. The summed E-state index contributed by atoms with van der Waals surface area (Å²) in [4.78, 5) is 12.5. The molecule has 3 aromatic rings. The van der Waals surface area contributed by atoms with Gasteiger partial charge in [-0.2, -0.15) is 5.10 Å². The van der Waals surface area contributed by atoms with E-state index in [1.165, 1.54) is 17.1 Å². The summed E-state index contributed by atoms with van der Waals surface area (Å²) in [6.45, 7) is 1.97. The molecule has 152 valence electrons. The fourth-order valence-electron chi connectivity index (χ4n) is 3.66. The normalized spacial score (nSPS) is 15.8. The fraction of sp³-hybridized carbons (Fsp3) is 0.167. The highest BCUT2D eigenvalue weighted by Crippen LogP contribution is 2.29. The number of nitrogens with one attached hydrogen (secondary N) is 1. The summed E-state index contributed by atoms with van der Waals surface area (Å²) in [5.74, 6) is -0.263. The number of urea groups is 1. The molecule has 3 aromatic carbocycles. The van der Waals surface area contributed by atoms with Gasteiger partial charge in [-0.05, 0) is 54.3 Å². The van der Waals surface area contributed by atoms with Crippen molar-refractivity contribution in [3.63, 3.8) is 0 Å². The highest BCUT2D eigenvalue weighted by molar-refractivity contribution is 6.30. The predicted molar refractivity (Wildman–Crippen MR) is 118 cm³/mol. The molecule has 1 heterocycles. The number of rotatable bonds is 2. The summed E-state index contributed by atoms with van der Waals surface area (Å²) in [6.07, 6.45) is 0.637. The number of halogens is 2. The van der Waals surface area contributed by atoms with E-state index in [9.17, 15) is 9.18 Å². The van der Waals surface area contributed by atoms with Crippen molar-refractivity contribution in [3.8, 4) is 11.1 Å². The summed E-state index contributed by atoms with van der Waals surface area (Å²) in [6, 6.07) is 19.6. The Kier molecular flexibility index (Phi) is 5.55. The minimum absolute atomic E-state index is 0.142. The Labute approximate surface area is 180 Å². The highest BCUT2D eigenvalue weighted by atomic mass is 35.5. The van der Waals surface area contributed by atoms with Crippen molar-refractivity contribution in [3.05, 3.63) is 94.3 Å². The van der Waals surface area contributed by atoms with Gasteiger partial charge >= 0.3 is 6.03 Å². The van der Waals surface area contributed by atoms with Crippen molar-refractivity contribution < 1.29 is 9.18 Å². The van der Waals surface area contributed by atoms with Gasteiger partial charge in [-0.1, -0.05) is 54.1 Å². The number of carbonyl (C=O) groups is 1. The van der Waals surface area contributed by atoms with Gasteiger partial charge in [0.25, 0.3) is 0 Å². The lowest BCUT2D eigenvalue weighted by Gasteiger charge is -2.22. The van der Waals surface area contributed by atoms with E-state index in [4.69, 9.17) is 16.7 Å². The van der Waals surface area contributed by atoms with Crippen LogP contribution in [-0.2, 0) is 6.42 Å². The molecular weight excluding hydrogens is 401 g/mol. The van der Waals surface area contributed by atoms with Gasteiger partial charge in [0.1, 0.15) is 5.82 Å². The number of carbonyl (C=O) groups excluding carboxylic acids is 1. The molecule has 2 amide bonds. The van der Waals surface area contributed by atoms with E-state index >= 15 is 0 Å². The third kappa shape index (κ3) is 3.94. The van der Waals surface area contributed by atoms with Gasteiger partial charge in [0.2, 0.25) is 0 Å². The third-order valence-corrected chi connectivity index (χ3v) is 5.47. The van der Waals surface area contributed by atoms with Gasteiger partial charge in [-0.3, -0.25) is 0 Å². The summed E-state index contributed by atoms with van der Waals surface area (Å²) in [5, 5.41) is 9.52. The second-order valence-corrected chi connectivity index (χ2v) is 7.72. The van der Waals surface area contributed by atoms with Crippen LogP contribution in [-0.4, -0.2) is 29.8 Å². The Balaban J connectivity index is 1.85. The zero-order chi connectivity index (χ0) is 21.3. The average Bonchev–Trinajstić information content (AvgIpc) is 2.90. The number of hydrazone groups is 1. The Morgan fingerprint density at radius 2 is 1.67 bits per heavy atom. The van der Waals surface area contributed by atoms with Gasteiger partial charge in [0.15, 0.2) is 0 Å². The maximum Gasteiger partial charge on any atom is 0.337 e. The highest BCUT2D eigenvalue weighted by Gasteiger charge is 2.27. The topological polar surface area (TPSA) is 44.7 Å². The number of hydrogen-bond acceptors (Lipinski definition) is 2. The van der Waals surface area contributed by atoms with Crippen molar-refractivity contribution in [2.45, 2.75) is 19.4 Å². The van der Waals surface area contributed by atoms with Crippen LogP contribution in [0.3, 0.4) is 0 Å². The molecule has 1 aliphatic rings. The van der Waals surface area contributed by atoms with E-state index in [-0.39, 0.29) is 17.9 Å². The minimum atomic E-state index is -0.263. The molecule has 0 aliphatic carbocycles. The predicted octanol–water partition coefficient (Wildman–Crippen LogP) is 5.48. The lowest BCUT2D eigenvalue weighted by molar-refractivity contribution is 0.184. The molecule has 4 rings (SSSR count). The Morgan fingerprint density at radius 1 is 1.03 bits per heavy atom. The molecule has 0 spiro atoms. The Bertz CT molecular complexity index is 1110. The average molecular weight is 422 g/mol. The lowest BCUT2D eigenvalue weighted by atomic mass is 9.91. The molecule has 6 heteroatoms. The lowest BCUT2D eigenvalue weighted by Crippen LogP contribution is -2.41. The molecule has 1 N–H and O–H groups in total. The van der Waals surface area contributed by atoms with Crippen molar-refractivity contribution in [2.75, 3.05) is 7.05 Å². The largest absolute Gasteiger partial charge is 0.340 e. The standard InChI is InChI=1S/C24H21ClFN3O/c1-15-13-19-14-18(16-5-10-21(26)11-6-16)7-12-22(19)23(28-29(15)24(30)27-2)17-3-8-20(25)9-4-17/h3-12,14-15H,13H2,1-2H3,(H,27,30). The summed E-state index contributed by atoms with van der Waals surface area (Å²) < 4.78 is 13.3. The second-order valence-electron chi connectivity index (χ2n) is 7.29. The van der Waals surface area contributed by atoms with E-state index in [0.717, 1.165) is 27.8 Å². The van der Waals surface area contributed by atoms with E-state index < -0.39 is 0 Å². The van der Waals surface area contributed by atoms with Crippen LogP contribution in [0, 0.1) is 5.82 Å². The van der Waals surface area contributed by atoms with Crippen molar-refractivity contribution >= 4 is 23.3 Å². The van der Waals surface area contributed by atoms with Gasteiger partial charge in [0.05, 0.1) is 11.8 Å². The molecule has 0 bridgehead atoms. The van der Waals surface area contributed by atoms with Crippen molar-refractivity contribution in [1.29, 1.82) is 0 Å². The summed E-state index contributed by atoms with van der Waals surface area (Å²) in [7, 11) is 1.59. The van der Waals surface area contributed by atoms with Crippen LogP contribution in [0.4, 0.5) is 9.18 Å². The minimum Gasteiger partial charge on any atom is -0.340 e. The van der Waals surface area contributed by atoms with Gasteiger partial charge in [-0.25, -0.2) is 14.2 Å². The number of fused-ring (bicyclic) bond motifs is 1.